The minimum Gasteiger partial charge on any atom is -0.339 e. The summed E-state index contributed by atoms with van der Waals surface area (Å²) in [5.74, 6) is -1.82. The van der Waals surface area contributed by atoms with Crippen LogP contribution in [0.15, 0.2) is 48.8 Å². The van der Waals surface area contributed by atoms with Crippen LogP contribution in [0.4, 0.5) is 26.3 Å². The lowest BCUT2D eigenvalue weighted by molar-refractivity contribution is -0.148. The zero-order valence-electron chi connectivity index (χ0n) is 17.6. The highest BCUT2D eigenvalue weighted by Crippen LogP contribution is 2.39. The predicted molar refractivity (Wildman–Crippen MR) is 110 cm³/mol. The molecule has 180 valence electrons. The van der Waals surface area contributed by atoms with Crippen molar-refractivity contribution in [1.29, 1.82) is 0 Å². The molecular formula is C22H19F6N5O. The van der Waals surface area contributed by atoms with Crippen molar-refractivity contribution in [1.82, 2.24) is 24.8 Å². The van der Waals surface area contributed by atoms with E-state index < -0.39 is 36.2 Å². The third kappa shape index (κ3) is 4.91. The Balaban J connectivity index is 1.87. The molecule has 1 saturated heterocycles. The minimum absolute atomic E-state index is 0.0297. The Bertz CT molecular complexity index is 1150. The average molecular weight is 483 g/mol. The Labute approximate surface area is 190 Å². The number of imidazole rings is 1. The number of carbonyl (C=O) groups excluding carboxylic acids is 1. The van der Waals surface area contributed by atoms with E-state index in [-0.39, 0.29) is 17.0 Å². The zero-order valence-corrected chi connectivity index (χ0v) is 17.6. The summed E-state index contributed by atoms with van der Waals surface area (Å²) in [5, 5.41) is 3.07. The van der Waals surface area contributed by atoms with Crippen LogP contribution in [0.1, 0.15) is 11.4 Å². The van der Waals surface area contributed by atoms with Crippen LogP contribution in [-0.4, -0.2) is 51.5 Å². The molecular weight excluding hydrogens is 464 g/mol. The van der Waals surface area contributed by atoms with Crippen LogP contribution in [0.3, 0.4) is 0 Å². The van der Waals surface area contributed by atoms with E-state index >= 15 is 0 Å². The summed E-state index contributed by atoms with van der Waals surface area (Å²) in [6.07, 6.45) is -6.77. The van der Waals surface area contributed by atoms with E-state index in [2.05, 4.69) is 15.3 Å². The standard InChI is InChI=1S/C22H19F6N5O/c23-21(24,25)16-3-1-14(2-4-16)18-19(15-5-7-29-8-6-15)33(20(31-18)22(26,27)28)13-17(34)32-11-9-30-10-12-32/h1-8,30H,9-13H2. The molecule has 0 aliphatic carbocycles. The molecule has 4 rings (SSSR count). The summed E-state index contributed by atoms with van der Waals surface area (Å²) >= 11 is 0. The number of benzene rings is 1. The number of hydrogen-bond donors (Lipinski definition) is 1. The Hall–Kier alpha value is -3.41. The molecule has 1 N–H and O–H groups in total. The molecule has 0 spiro atoms. The maximum atomic E-state index is 14.0. The van der Waals surface area contributed by atoms with Crippen LogP contribution < -0.4 is 5.32 Å². The van der Waals surface area contributed by atoms with Crippen LogP contribution in [0.5, 0.6) is 0 Å². The lowest BCUT2D eigenvalue weighted by Gasteiger charge is -2.28. The second kappa shape index (κ2) is 9.09. The van der Waals surface area contributed by atoms with Gasteiger partial charge in [-0.2, -0.15) is 26.3 Å². The normalized spacial score (nSPS) is 14.9. The fourth-order valence-electron chi connectivity index (χ4n) is 3.79. The predicted octanol–water partition coefficient (Wildman–Crippen LogP) is 4.08. The van der Waals surface area contributed by atoms with Gasteiger partial charge in [0.15, 0.2) is 0 Å². The molecule has 0 saturated carbocycles. The lowest BCUT2D eigenvalue weighted by Crippen LogP contribution is -2.47. The first-order valence-electron chi connectivity index (χ1n) is 10.3. The van der Waals surface area contributed by atoms with Gasteiger partial charge in [0.05, 0.1) is 17.0 Å². The molecule has 1 aliphatic heterocycles. The summed E-state index contributed by atoms with van der Waals surface area (Å²) in [5.41, 5.74) is -0.802. The topological polar surface area (TPSA) is 63.1 Å². The van der Waals surface area contributed by atoms with Gasteiger partial charge in [0.2, 0.25) is 11.7 Å². The first kappa shape index (κ1) is 23.7. The van der Waals surface area contributed by atoms with Gasteiger partial charge in [-0.3, -0.25) is 9.78 Å². The number of aromatic nitrogens is 3. The van der Waals surface area contributed by atoms with Crippen LogP contribution >= 0.6 is 0 Å². The van der Waals surface area contributed by atoms with E-state index in [0.29, 0.717) is 31.7 Å². The van der Waals surface area contributed by atoms with Gasteiger partial charge in [-0.05, 0) is 24.3 Å². The average Bonchev–Trinajstić information content (AvgIpc) is 3.19. The van der Waals surface area contributed by atoms with Crippen LogP contribution in [0.2, 0.25) is 0 Å². The first-order chi connectivity index (χ1) is 16.1. The van der Waals surface area contributed by atoms with E-state index in [1.54, 1.807) is 0 Å². The SMILES string of the molecule is O=C(Cn1c(C(F)(F)F)nc(-c2ccc(C(F)(F)F)cc2)c1-c1ccncc1)N1CCNCC1. The van der Waals surface area contributed by atoms with Crippen molar-refractivity contribution in [2.45, 2.75) is 18.9 Å². The van der Waals surface area contributed by atoms with Gasteiger partial charge in [0, 0.05) is 49.7 Å². The van der Waals surface area contributed by atoms with E-state index in [0.717, 1.165) is 28.8 Å². The quantitative estimate of drug-likeness (QED) is 0.569. The number of hydrogen-bond acceptors (Lipinski definition) is 4. The second-order valence-corrected chi connectivity index (χ2v) is 7.66. The van der Waals surface area contributed by atoms with Gasteiger partial charge in [-0.25, -0.2) is 4.98 Å². The maximum Gasteiger partial charge on any atom is 0.449 e. The van der Waals surface area contributed by atoms with E-state index in [4.69, 9.17) is 0 Å². The second-order valence-electron chi connectivity index (χ2n) is 7.66. The first-order valence-corrected chi connectivity index (χ1v) is 10.3. The van der Waals surface area contributed by atoms with Crippen LogP contribution in [-0.2, 0) is 23.7 Å². The Morgan fingerprint density at radius 3 is 2.06 bits per heavy atom. The zero-order chi connectivity index (χ0) is 24.5. The van der Waals surface area contributed by atoms with Crippen molar-refractivity contribution in [3.63, 3.8) is 0 Å². The summed E-state index contributed by atoms with van der Waals surface area (Å²) in [6, 6.07) is 6.61. The highest BCUT2D eigenvalue weighted by atomic mass is 19.4. The molecule has 1 aromatic carbocycles. The van der Waals surface area contributed by atoms with Crippen LogP contribution in [0, 0.1) is 0 Å². The van der Waals surface area contributed by atoms with Crippen molar-refractivity contribution < 1.29 is 31.1 Å². The van der Waals surface area contributed by atoms with Gasteiger partial charge in [-0.15, -0.1) is 0 Å². The summed E-state index contributed by atoms with van der Waals surface area (Å²) in [7, 11) is 0. The number of halogens is 6. The Morgan fingerprint density at radius 2 is 1.50 bits per heavy atom. The molecule has 3 aromatic rings. The van der Waals surface area contributed by atoms with Crippen molar-refractivity contribution in [3.8, 4) is 22.5 Å². The number of carbonyl (C=O) groups is 1. The molecule has 0 atom stereocenters. The summed E-state index contributed by atoms with van der Waals surface area (Å²) < 4.78 is 81.8. The van der Waals surface area contributed by atoms with Gasteiger partial charge < -0.3 is 14.8 Å². The molecule has 0 bridgehead atoms. The minimum atomic E-state index is -4.91. The van der Waals surface area contributed by atoms with Gasteiger partial charge in [-0.1, -0.05) is 12.1 Å². The van der Waals surface area contributed by atoms with Gasteiger partial charge in [0.25, 0.3) is 0 Å². The monoisotopic (exact) mass is 483 g/mol. The number of nitrogens with one attached hydrogen (secondary N) is 1. The summed E-state index contributed by atoms with van der Waals surface area (Å²) in [6.45, 7) is 1.13. The number of rotatable bonds is 4. The number of alkyl halides is 6. The third-order valence-electron chi connectivity index (χ3n) is 5.42. The molecule has 0 unspecified atom stereocenters. The summed E-state index contributed by atoms with van der Waals surface area (Å²) in [4.78, 5) is 22.0. The van der Waals surface area contributed by atoms with Gasteiger partial charge >= 0.3 is 12.4 Å². The number of pyridine rings is 1. The molecule has 6 nitrogen and oxygen atoms in total. The van der Waals surface area contributed by atoms with Crippen molar-refractivity contribution in [2.75, 3.05) is 26.2 Å². The molecule has 3 heterocycles. The van der Waals surface area contributed by atoms with E-state index in [1.165, 1.54) is 29.4 Å². The number of piperazine rings is 1. The highest BCUT2D eigenvalue weighted by Gasteiger charge is 2.40. The van der Waals surface area contributed by atoms with Crippen molar-refractivity contribution in [3.05, 3.63) is 60.2 Å². The highest BCUT2D eigenvalue weighted by molar-refractivity contribution is 5.82. The molecule has 12 heteroatoms. The van der Waals surface area contributed by atoms with E-state index in [9.17, 15) is 31.1 Å². The number of nitrogens with zero attached hydrogens (tertiary/aromatic N) is 4. The van der Waals surface area contributed by atoms with Crippen molar-refractivity contribution >= 4 is 5.91 Å². The largest absolute Gasteiger partial charge is 0.449 e. The fourth-order valence-corrected chi connectivity index (χ4v) is 3.79. The Morgan fingerprint density at radius 1 is 0.882 bits per heavy atom. The van der Waals surface area contributed by atoms with E-state index in [1.807, 2.05) is 0 Å². The third-order valence-corrected chi connectivity index (χ3v) is 5.42. The molecule has 0 radical (unpaired) electrons. The fraction of sp³-hybridized carbons (Fsp3) is 0.318. The molecule has 1 aliphatic rings. The van der Waals surface area contributed by atoms with Crippen molar-refractivity contribution in [2.24, 2.45) is 0 Å². The molecule has 2 aromatic heterocycles. The smallest absolute Gasteiger partial charge is 0.339 e. The molecule has 34 heavy (non-hydrogen) atoms. The molecule has 1 amide bonds. The Kier molecular flexibility index (Phi) is 6.34. The number of amides is 1. The maximum absolute atomic E-state index is 14.0. The van der Waals surface area contributed by atoms with Gasteiger partial charge in [0.1, 0.15) is 6.54 Å². The van der Waals surface area contributed by atoms with Crippen LogP contribution in [0.25, 0.3) is 22.5 Å². The lowest BCUT2D eigenvalue weighted by atomic mass is 10.0. The molecule has 1 fully saturated rings.